The van der Waals surface area contributed by atoms with E-state index in [1.165, 1.54) is 16.7 Å². The van der Waals surface area contributed by atoms with Gasteiger partial charge in [0.1, 0.15) is 6.04 Å². The van der Waals surface area contributed by atoms with Crippen molar-refractivity contribution in [3.63, 3.8) is 0 Å². The van der Waals surface area contributed by atoms with E-state index < -0.39 is 6.04 Å². The number of ether oxygens (including phenoxy) is 1. The van der Waals surface area contributed by atoms with E-state index in [4.69, 9.17) is 10.00 Å². The molecule has 2 heterocycles. The molecule has 0 radical (unpaired) electrons. The van der Waals surface area contributed by atoms with Crippen LogP contribution in [0.2, 0.25) is 0 Å². The number of carbonyl (C=O) groups is 1. The lowest BCUT2D eigenvalue weighted by molar-refractivity contribution is 0.0680. The quantitative estimate of drug-likeness (QED) is 0.754. The van der Waals surface area contributed by atoms with Crippen molar-refractivity contribution in [2.24, 2.45) is 7.05 Å². The number of hydrogen-bond donors (Lipinski definition) is 1. The van der Waals surface area contributed by atoms with Gasteiger partial charge >= 0.3 is 0 Å². The van der Waals surface area contributed by atoms with Gasteiger partial charge in [-0.2, -0.15) is 10.4 Å². The molecule has 1 fully saturated rings. The minimum absolute atomic E-state index is 0.234. The lowest BCUT2D eigenvalue weighted by Gasteiger charge is -2.31. The summed E-state index contributed by atoms with van der Waals surface area (Å²) in [5, 5.41) is 16.2. The molecule has 0 spiro atoms. The largest absolute Gasteiger partial charge is 0.481 e. The summed E-state index contributed by atoms with van der Waals surface area (Å²) in [6.45, 7) is 1.69. The molecule has 1 aromatic rings. The van der Waals surface area contributed by atoms with Crippen LogP contribution < -0.4 is 10.1 Å². The lowest BCUT2D eigenvalue weighted by Crippen LogP contribution is -2.53. The lowest BCUT2D eigenvalue weighted by atomic mass is 10.2. The number of carbonyl (C=O) groups excluding carboxylic acids is 1. The molecule has 1 saturated heterocycles. The Morgan fingerprint density at radius 2 is 2.50 bits per heavy atom. The second kappa shape index (κ2) is 5.06. The van der Waals surface area contributed by atoms with E-state index in [1.807, 2.05) is 0 Å². The molecule has 7 heteroatoms. The van der Waals surface area contributed by atoms with Crippen LogP contribution in [0.3, 0.4) is 0 Å². The average molecular weight is 249 g/mol. The molecule has 7 nitrogen and oxygen atoms in total. The van der Waals surface area contributed by atoms with Crippen LogP contribution in [-0.2, 0) is 7.05 Å². The van der Waals surface area contributed by atoms with Gasteiger partial charge in [-0.05, 0) is 0 Å². The highest BCUT2D eigenvalue weighted by Gasteiger charge is 2.29. The number of nitriles is 1. The Morgan fingerprint density at radius 1 is 1.72 bits per heavy atom. The van der Waals surface area contributed by atoms with Crippen LogP contribution in [0.15, 0.2) is 6.07 Å². The fourth-order valence-corrected chi connectivity index (χ4v) is 1.96. The summed E-state index contributed by atoms with van der Waals surface area (Å²) in [4.78, 5) is 13.8. The molecule has 18 heavy (non-hydrogen) atoms. The Bertz CT molecular complexity index is 490. The van der Waals surface area contributed by atoms with Gasteiger partial charge in [-0.3, -0.25) is 4.79 Å². The van der Waals surface area contributed by atoms with Crippen molar-refractivity contribution < 1.29 is 9.53 Å². The number of methoxy groups -OCH3 is 1. The van der Waals surface area contributed by atoms with Gasteiger partial charge in [0.15, 0.2) is 5.69 Å². The van der Waals surface area contributed by atoms with Gasteiger partial charge in [-0.25, -0.2) is 4.68 Å². The predicted molar refractivity (Wildman–Crippen MR) is 63.1 cm³/mol. The molecule has 1 aliphatic rings. The smallest absolute Gasteiger partial charge is 0.275 e. The summed E-state index contributed by atoms with van der Waals surface area (Å²) in [6, 6.07) is 3.25. The van der Waals surface area contributed by atoms with Crippen LogP contribution in [0.5, 0.6) is 5.88 Å². The van der Waals surface area contributed by atoms with E-state index in [2.05, 4.69) is 16.5 Å². The number of nitrogens with zero attached hydrogens (tertiary/aromatic N) is 4. The molecule has 2 rings (SSSR count). The second-order valence-electron chi connectivity index (χ2n) is 4.04. The molecule has 0 aliphatic carbocycles. The number of hydrogen-bond acceptors (Lipinski definition) is 5. The molecule has 96 valence electrons. The number of aryl methyl sites for hydroxylation is 1. The fraction of sp³-hybridized carbons (Fsp3) is 0.545. The van der Waals surface area contributed by atoms with Crippen molar-refractivity contribution in [3.05, 3.63) is 11.8 Å². The Hall–Kier alpha value is -2.07. The number of rotatable bonds is 2. The van der Waals surface area contributed by atoms with E-state index in [0.717, 1.165) is 0 Å². The van der Waals surface area contributed by atoms with Crippen LogP contribution in [0.25, 0.3) is 0 Å². The first-order chi connectivity index (χ1) is 8.67. The van der Waals surface area contributed by atoms with Crippen LogP contribution >= 0.6 is 0 Å². The van der Waals surface area contributed by atoms with Crippen LogP contribution in [-0.4, -0.2) is 53.4 Å². The van der Waals surface area contributed by atoms with Crippen molar-refractivity contribution in [2.45, 2.75) is 6.04 Å². The Kier molecular flexibility index (Phi) is 3.48. The maximum Gasteiger partial charge on any atom is 0.275 e. The second-order valence-corrected chi connectivity index (χ2v) is 4.04. The monoisotopic (exact) mass is 249 g/mol. The number of aromatic nitrogens is 2. The van der Waals surface area contributed by atoms with Gasteiger partial charge in [-0.15, -0.1) is 0 Å². The molecule has 0 saturated carbocycles. The Morgan fingerprint density at radius 3 is 3.11 bits per heavy atom. The molecule has 0 bridgehead atoms. The fourth-order valence-electron chi connectivity index (χ4n) is 1.96. The molecule has 1 amide bonds. The van der Waals surface area contributed by atoms with E-state index in [-0.39, 0.29) is 5.91 Å². The van der Waals surface area contributed by atoms with E-state index in [1.54, 1.807) is 13.1 Å². The summed E-state index contributed by atoms with van der Waals surface area (Å²) < 4.78 is 6.57. The van der Waals surface area contributed by atoms with Gasteiger partial charge < -0.3 is 15.0 Å². The number of piperazine rings is 1. The van der Waals surface area contributed by atoms with E-state index in [0.29, 0.717) is 31.2 Å². The first-order valence-corrected chi connectivity index (χ1v) is 5.66. The summed E-state index contributed by atoms with van der Waals surface area (Å²) in [6.07, 6.45) is 0. The zero-order chi connectivity index (χ0) is 13.1. The Balaban J connectivity index is 2.21. The maximum absolute atomic E-state index is 12.3. The molecule has 1 atom stereocenters. The highest BCUT2D eigenvalue weighted by atomic mass is 16.5. The maximum atomic E-state index is 12.3. The number of amides is 1. The third-order valence-corrected chi connectivity index (χ3v) is 2.92. The van der Waals surface area contributed by atoms with E-state index in [9.17, 15) is 4.79 Å². The normalized spacial score (nSPS) is 19.4. The third-order valence-electron chi connectivity index (χ3n) is 2.92. The molecule has 1 N–H and O–H groups in total. The number of nitrogens with one attached hydrogen (secondary N) is 1. The third kappa shape index (κ3) is 2.15. The van der Waals surface area contributed by atoms with E-state index >= 15 is 0 Å². The molecule has 1 aromatic heterocycles. The topological polar surface area (TPSA) is 83.2 Å². The standard InChI is InChI=1S/C11H15N5O2/c1-15-10(18-2)5-9(14-15)11(17)16-4-3-13-7-8(16)6-12/h5,8,13H,3-4,7H2,1-2H3. The predicted octanol–water partition coefficient (Wildman–Crippen LogP) is -0.634. The van der Waals surface area contributed by atoms with Gasteiger partial charge in [0.25, 0.3) is 5.91 Å². The average Bonchev–Trinajstić information content (AvgIpc) is 2.79. The van der Waals surface area contributed by atoms with Gasteiger partial charge in [0.2, 0.25) is 5.88 Å². The first-order valence-electron chi connectivity index (χ1n) is 5.66. The first kappa shape index (κ1) is 12.4. The van der Waals surface area contributed by atoms with Crippen molar-refractivity contribution in [2.75, 3.05) is 26.7 Å². The summed E-state index contributed by atoms with van der Waals surface area (Å²) in [5.74, 6) is 0.281. The molecule has 1 unspecified atom stereocenters. The van der Waals surface area contributed by atoms with Crippen LogP contribution in [0.4, 0.5) is 0 Å². The molecule has 0 aromatic carbocycles. The summed E-state index contributed by atoms with van der Waals surface area (Å²) >= 11 is 0. The summed E-state index contributed by atoms with van der Waals surface area (Å²) in [7, 11) is 3.23. The SMILES string of the molecule is COc1cc(C(=O)N2CCNCC2C#N)nn1C. The minimum atomic E-state index is -0.445. The van der Waals surface area contributed by atoms with Crippen LogP contribution in [0, 0.1) is 11.3 Å². The molecular formula is C11H15N5O2. The van der Waals surface area contributed by atoms with Gasteiger partial charge in [0.05, 0.1) is 13.2 Å². The van der Waals surface area contributed by atoms with Gasteiger partial charge in [-0.1, -0.05) is 0 Å². The highest BCUT2D eigenvalue weighted by Crippen LogP contribution is 2.15. The zero-order valence-electron chi connectivity index (χ0n) is 10.4. The molecule has 1 aliphatic heterocycles. The summed E-state index contributed by atoms with van der Waals surface area (Å²) in [5.41, 5.74) is 0.302. The van der Waals surface area contributed by atoms with Gasteiger partial charge in [0, 0.05) is 32.7 Å². The van der Waals surface area contributed by atoms with Crippen molar-refractivity contribution in [1.82, 2.24) is 20.0 Å². The Labute approximate surface area is 105 Å². The minimum Gasteiger partial charge on any atom is -0.481 e. The van der Waals surface area contributed by atoms with Crippen molar-refractivity contribution in [3.8, 4) is 11.9 Å². The van der Waals surface area contributed by atoms with Crippen molar-refractivity contribution in [1.29, 1.82) is 5.26 Å². The highest BCUT2D eigenvalue weighted by molar-refractivity contribution is 5.93. The van der Waals surface area contributed by atoms with Crippen molar-refractivity contribution >= 4 is 5.91 Å². The van der Waals surface area contributed by atoms with Crippen LogP contribution in [0.1, 0.15) is 10.5 Å². The zero-order valence-corrected chi connectivity index (χ0v) is 10.4. The molecular weight excluding hydrogens is 234 g/mol.